The van der Waals surface area contributed by atoms with Gasteiger partial charge in [0.05, 0.1) is 6.26 Å². The topological polar surface area (TPSA) is 72.5 Å². The predicted octanol–water partition coefficient (Wildman–Crippen LogP) is 5.29. The quantitative estimate of drug-likeness (QED) is 0.471. The number of furan rings is 1. The van der Waals surface area contributed by atoms with Crippen LogP contribution in [0, 0.1) is 13.8 Å². The molecule has 0 spiro atoms. The van der Waals surface area contributed by atoms with E-state index in [0.29, 0.717) is 23.2 Å². The molecule has 0 aliphatic rings. The molecule has 0 saturated heterocycles. The van der Waals surface area contributed by atoms with E-state index >= 15 is 0 Å². The van der Waals surface area contributed by atoms with Crippen molar-refractivity contribution in [2.75, 3.05) is 5.32 Å². The molecule has 1 amide bonds. The number of nitrogens with one attached hydrogen (secondary N) is 1. The van der Waals surface area contributed by atoms with E-state index in [1.54, 1.807) is 12.3 Å². The van der Waals surface area contributed by atoms with Gasteiger partial charge in [-0.15, -0.1) is 0 Å². The van der Waals surface area contributed by atoms with Gasteiger partial charge in [0.15, 0.2) is 0 Å². The van der Waals surface area contributed by atoms with E-state index in [1.165, 1.54) is 0 Å². The Balaban J connectivity index is 1.60. The van der Waals surface area contributed by atoms with E-state index < -0.39 is 5.63 Å². The number of anilines is 1. The van der Waals surface area contributed by atoms with Crippen LogP contribution in [0.2, 0.25) is 0 Å². The van der Waals surface area contributed by atoms with Gasteiger partial charge in [-0.3, -0.25) is 4.79 Å². The maximum Gasteiger partial charge on any atom is 0.339 e. The Morgan fingerprint density at radius 2 is 1.86 bits per heavy atom. The average molecular weight is 389 g/mol. The SMILES string of the molecule is CCc1ccccc1NC(=O)CCc1c(C)c2cc3c(C)coc3cc2oc1=O. The standard InChI is InChI=1S/C24H23NO4/c1-4-16-7-5-6-8-20(16)25-23(26)10-9-17-15(3)19-11-18-14(2)13-28-21(18)12-22(19)29-24(17)27/h5-8,11-13H,4,9-10H2,1-3H3,(H,25,26). The van der Waals surface area contributed by atoms with E-state index in [4.69, 9.17) is 8.83 Å². The van der Waals surface area contributed by atoms with Crippen molar-refractivity contribution in [3.05, 3.63) is 75.3 Å². The highest BCUT2D eigenvalue weighted by atomic mass is 16.4. The summed E-state index contributed by atoms with van der Waals surface area (Å²) in [7, 11) is 0. The number of hydrogen-bond donors (Lipinski definition) is 1. The van der Waals surface area contributed by atoms with Crippen LogP contribution in [-0.4, -0.2) is 5.91 Å². The molecule has 0 aliphatic heterocycles. The summed E-state index contributed by atoms with van der Waals surface area (Å²) in [5.41, 5.74) is 5.11. The Kier molecular flexibility index (Phi) is 4.97. The average Bonchev–Trinajstić information content (AvgIpc) is 3.07. The lowest BCUT2D eigenvalue weighted by molar-refractivity contribution is -0.116. The smallest absolute Gasteiger partial charge is 0.339 e. The van der Waals surface area contributed by atoms with Crippen LogP contribution in [0.25, 0.3) is 21.9 Å². The summed E-state index contributed by atoms with van der Waals surface area (Å²) in [5.74, 6) is -0.120. The van der Waals surface area contributed by atoms with Gasteiger partial charge in [-0.1, -0.05) is 25.1 Å². The van der Waals surface area contributed by atoms with Crippen LogP contribution in [-0.2, 0) is 17.6 Å². The first-order valence-corrected chi connectivity index (χ1v) is 9.79. The normalized spacial score (nSPS) is 11.3. The van der Waals surface area contributed by atoms with Crippen molar-refractivity contribution in [3.63, 3.8) is 0 Å². The summed E-state index contributed by atoms with van der Waals surface area (Å²) in [5, 5.41) is 4.82. The minimum absolute atomic E-state index is 0.120. The zero-order valence-corrected chi connectivity index (χ0v) is 16.8. The fourth-order valence-corrected chi connectivity index (χ4v) is 3.73. The Morgan fingerprint density at radius 1 is 1.07 bits per heavy atom. The highest BCUT2D eigenvalue weighted by Crippen LogP contribution is 2.29. The number of benzene rings is 2. The fraction of sp³-hybridized carbons (Fsp3) is 0.250. The van der Waals surface area contributed by atoms with Gasteiger partial charge >= 0.3 is 5.63 Å². The van der Waals surface area contributed by atoms with Gasteiger partial charge < -0.3 is 14.2 Å². The van der Waals surface area contributed by atoms with E-state index in [0.717, 1.165) is 39.6 Å². The molecule has 0 aliphatic carbocycles. The largest absolute Gasteiger partial charge is 0.464 e. The first-order valence-electron chi connectivity index (χ1n) is 9.79. The number of para-hydroxylation sites is 1. The van der Waals surface area contributed by atoms with Crippen molar-refractivity contribution in [3.8, 4) is 0 Å². The van der Waals surface area contributed by atoms with Crippen molar-refractivity contribution in [2.24, 2.45) is 0 Å². The summed E-state index contributed by atoms with van der Waals surface area (Å²) >= 11 is 0. The number of fused-ring (bicyclic) bond motifs is 2. The molecule has 0 unspecified atom stereocenters. The predicted molar refractivity (Wildman–Crippen MR) is 115 cm³/mol. The van der Waals surface area contributed by atoms with Crippen molar-refractivity contribution in [2.45, 2.75) is 40.0 Å². The lowest BCUT2D eigenvalue weighted by Gasteiger charge is -2.11. The van der Waals surface area contributed by atoms with Crippen LogP contribution in [0.15, 0.2) is 56.3 Å². The molecule has 2 aromatic carbocycles. The summed E-state index contributed by atoms with van der Waals surface area (Å²) in [6.45, 7) is 5.93. The second kappa shape index (κ2) is 7.59. The van der Waals surface area contributed by atoms with Crippen molar-refractivity contribution >= 4 is 33.5 Å². The van der Waals surface area contributed by atoms with Gasteiger partial charge in [-0.05, 0) is 55.5 Å². The number of carbonyl (C=O) groups excluding carboxylic acids is 1. The highest BCUT2D eigenvalue weighted by molar-refractivity contribution is 5.96. The zero-order chi connectivity index (χ0) is 20.5. The lowest BCUT2D eigenvalue weighted by atomic mass is 10.0. The zero-order valence-electron chi connectivity index (χ0n) is 16.8. The van der Waals surface area contributed by atoms with Gasteiger partial charge in [0.1, 0.15) is 11.2 Å². The van der Waals surface area contributed by atoms with Crippen LogP contribution in [0.1, 0.15) is 35.6 Å². The van der Waals surface area contributed by atoms with Gasteiger partial charge in [0.2, 0.25) is 5.91 Å². The molecule has 0 saturated carbocycles. The van der Waals surface area contributed by atoms with Gasteiger partial charge in [0, 0.05) is 34.5 Å². The molecule has 0 fully saturated rings. The Labute approximate surface area is 168 Å². The second-order valence-electron chi connectivity index (χ2n) is 7.32. The third kappa shape index (κ3) is 3.56. The van der Waals surface area contributed by atoms with E-state index in [1.807, 2.05) is 51.1 Å². The van der Waals surface area contributed by atoms with Crippen LogP contribution < -0.4 is 10.9 Å². The number of aryl methyl sites for hydroxylation is 3. The molecule has 5 nitrogen and oxygen atoms in total. The number of rotatable bonds is 5. The maximum absolute atomic E-state index is 12.5. The van der Waals surface area contributed by atoms with Crippen LogP contribution in [0.5, 0.6) is 0 Å². The molecule has 0 bridgehead atoms. The molecule has 0 radical (unpaired) electrons. The van der Waals surface area contributed by atoms with E-state index in [-0.39, 0.29) is 12.3 Å². The molecule has 5 heteroatoms. The number of hydrogen-bond acceptors (Lipinski definition) is 4. The van der Waals surface area contributed by atoms with Crippen LogP contribution in [0.3, 0.4) is 0 Å². The maximum atomic E-state index is 12.5. The second-order valence-corrected chi connectivity index (χ2v) is 7.32. The third-order valence-corrected chi connectivity index (χ3v) is 5.45. The first kappa shape index (κ1) is 19.0. The van der Waals surface area contributed by atoms with Gasteiger partial charge in [-0.25, -0.2) is 4.79 Å². The van der Waals surface area contributed by atoms with Crippen molar-refractivity contribution < 1.29 is 13.6 Å². The van der Waals surface area contributed by atoms with E-state index in [9.17, 15) is 9.59 Å². The first-order chi connectivity index (χ1) is 14.0. The van der Waals surface area contributed by atoms with Crippen molar-refractivity contribution in [1.29, 1.82) is 0 Å². The van der Waals surface area contributed by atoms with Crippen molar-refractivity contribution in [1.82, 2.24) is 0 Å². The molecule has 4 rings (SSSR count). The molecule has 4 aromatic rings. The van der Waals surface area contributed by atoms with E-state index in [2.05, 4.69) is 5.32 Å². The molecule has 148 valence electrons. The molecule has 2 heterocycles. The Morgan fingerprint density at radius 3 is 2.66 bits per heavy atom. The summed E-state index contributed by atoms with van der Waals surface area (Å²) in [6, 6.07) is 11.5. The van der Waals surface area contributed by atoms with Crippen LogP contribution >= 0.6 is 0 Å². The monoisotopic (exact) mass is 389 g/mol. The minimum atomic E-state index is -0.403. The van der Waals surface area contributed by atoms with Gasteiger partial charge in [-0.2, -0.15) is 0 Å². The number of carbonyl (C=O) groups is 1. The summed E-state index contributed by atoms with van der Waals surface area (Å²) in [6.07, 6.45) is 3.07. The number of amides is 1. The molecule has 29 heavy (non-hydrogen) atoms. The molecule has 2 aromatic heterocycles. The minimum Gasteiger partial charge on any atom is -0.464 e. The third-order valence-electron chi connectivity index (χ3n) is 5.45. The molecular weight excluding hydrogens is 366 g/mol. The van der Waals surface area contributed by atoms with Crippen LogP contribution in [0.4, 0.5) is 5.69 Å². The lowest BCUT2D eigenvalue weighted by Crippen LogP contribution is -2.17. The highest BCUT2D eigenvalue weighted by Gasteiger charge is 2.15. The summed E-state index contributed by atoms with van der Waals surface area (Å²) in [4.78, 5) is 25.0. The fourth-order valence-electron chi connectivity index (χ4n) is 3.73. The molecule has 1 N–H and O–H groups in total. The van der Waals surface area contributed by atoms with Gasteiger partial charge in [0.25, 0.3) is 0 Å². The Hall–Kier alpha value is -3.34. The Bertz CT molecular complexity index is 1280. The summed E-state index contributed by atoms with van der Waals surface area (Å²) < 4.78 is 11.0. The molecule has 0 atom stereocenters. The molecular formula is C24H23NO4.